The summed E-state index contributed by atoms with van der Waals surface area (Å²) >= 11 is 1.96. The van der Waals surface area contributed by atoms with E-state index in [1.54, 1.807) is 0 Å². The third kappa shape index (κ3) is 3.07. The predicted octanol–water partition coefficient (Wildman–Crippen LogP) is 3.06. The zero-order chi connectivity index (χ0) is 13.9. The van der Waals surface area contributed by atoms with Crippen molar-refractivity contribution in [2.24, 2.45) is 0 Å². The van der Waals surface area contributed by atoms with Gasteiger partial charge in [-0.2, -0.15) is 0 Å². The Balaban J connectivity index is 1.65. The van der Waals surface area contributed by atoms with Crippen LogP contribution in [0.5, 0.6) is 0 Å². The van der Waals surface area contributed by atoms with E-state index < -0.39 is 0 Å². The Kier molecular flexibility index (Phi) is 4.41. The minimum atomic E-state index is 0.767. The fraction of sp³-hybridized carbons (Fsp3) is 0.625. The molecule has 2 aliphatic rings. The fourth-order valence-corrected chi connectivity index (χ4v) is 4.37. The van der Waals surface area contributed by atoms with Gasteiger partial charge < -0.3 is 15.5 Å². The van der Waals surface area contributed by atoms with Crippen LogP contribution >= 0.6 is 11.8 Å². The van der Waals surface area contributed by atoms with Crippen LogP contribution in [0, 0.1) is 0 Å². The van der Waals surface area contributed by atoms with Crippen molar-refractivity contribution in [1.82, 2.24) is 4.90 Å². The number of nitrogen functional groups attached to an aromatic ring is 1. The second-order valence-corrected chi connectivity index (χ2v) is 7.12. The van der Waals surface area contributed by atoms with Gasteiger partial charge in [0.1, 0.15) is 0 Å². The summed E-state index contributed by atoms with van der Waals surface area (Å²) in [5.41, 5.74) is 8.19. The lowest BCUT2D eigenvalue weighted by Crippen LogP contribution is -2.40. The molecular weight excluding hydrogens is 266 g/mol. The molecule has 110 valence electrons. The minimum Gasteiger partial charge on any atom is -0.399 e. The van der Waals surface area contributed by atoms with Gasteiger partial charge in [0.25, 0.3) is 0 Å². The minimum absolute atomic E-state index is 0.767. The van der Waals surface area contributed by atoms with E-state index in [9.17, 15) is 0 Å². The molecule has 4 heteroatoms. The number of fused-ring (bicyclic) bond motifs is 1. The van der Waals surface area contributed by atoms with Crippen molar-refractivity contribution in [1.29, 1.82) is 0 Å². The topological polar surface area (TPSA) is 32.5 Å². The van der Waals surface area contributed by atoms with Crippen molar-refractivity contribution in [3.05, 3.63) is 18.2 Å². The molecule has 1 aromatic rings. The van der Waals surface area contributed by atoms with Crippen LogP contribution < -0.4 is 10.6 Å². The lowest BCUT2D eigenvalue weighted by atomic mass is 10.00. The molecule has 0 saturated carbocycles. The summed E-state index contributed by atoms with van der Waals surface area (Å²) < 4.78 is 0. The molecule has 2 aliphatic heterocycles. The molecule has 3 rings (SSSR count). The van der Waals surface area contributed by atoms with E-state index >= 15 is 0 Å². The standard InChI is InChI=1S/C16H25N3S/c1-18-8-3-2-4-14(18)7-9-19-10-11-20-16-6-5-13(17)12-15(16)19/h5-6,12,14H,2-4,7-11,17H2,1H3. The van der Waals surface area contributed by atoms with Gasteiger partial charge in [0.2, 0.25) is 0 Å². The Bertz CT molecular complexity index is 463. The molecule has 1 saturated heterocycles. The molecule has 1 unspecified atom stereocenters. The molecule has 0 aromatic heterocycles. The van der Waals surface area contributed by atoms with E-state index in [1.807, 2.05) is 17.8 Å². The SMILES string of the molecule is CN1CCCCC1CCN1CCSc2ccc(N)cc21. The van der Waals surface area contributed by atoms with Crippen LogP contribution in [0.1, 0.15) is 25.7 Å². The largest absolute Gasteiger partial charge is 0.399 e. The maximum atomic E-state index is 5.96. The van der Waals surface area contributed by atoms with Crippen molar-refractivity contribution in [2.45, 2.75) is 36.6 Å². The number of thioether (sulfide) groups is 1. The molecule has 20 heavy (non-hydrogen) atoms. The highest BCUT2D eigenvalue weighted by Gasteiger charge is 2.22. The van der Waals surface area contributed by atoms with Crippen molar-refractivity contribution in [3.8, 4) is 0 Å². The average Bonchev–Trinajstić information content (AvgIpc) is 2.46. The highest BCUT2D eigenvalue weighted by molar-refractivity contribution is 7.99. The van der Waals surface area contributed by atoms with E-state index in [-0.39, 0.29) is 0 Å². The Labute approximate surface area is 126 Å². The van der Waals surface area contributed by atoms with Gasteiger partial charge in [-0.05, 0) is 51.1 Å². The number of rotatable bonds is 3. The number of benzene rings is 1. The molecule has 0 amide bonds. The van der Waals surface area contributed by atoms with E-state index in [0.717, 1.165) is 24.8 Å². The van der Waals surface area contributed by atoms with Gasteiger partial charge in [0.05, 0.1) is 5.69 Å². The van der Waals surface area contributed by atoms with E-state index in [1.165, 1.54) is 48.6 Å². The lowest BCUT2D eigenvalue weighted by molar-refractivity contribution is 0.177. The van der Waals surface area contributed by atoms with E-state index in [4.69, 9.17) is 5.73 Å². The third-order valence-corrected chi connectivity index (χ3v) is 5.64. The zero-order valence-electron chi connectivity index (χ0n) is 12.3. The maximum Gasteiger partial charge on any atom is 0.0525 e. The molecule has 0 radical (unpaired) electrons. The van der Waals surface area contributed by atoms with Crippen LogP contribution in [-0.4, -0.2) is 43.4 Å². The molecule has 0 aliphatic carbocycles. The summed E-state index contributed by atoms with van der Waals surface area (Å²) in [5.74, 6) is 1.19. The van der Waals surface area contributed by atoms with Gasteiger partial charge >= 0.3 is 0 Å². The fourth-order valence-electron chi connectivity index (χ4n) is 3.34. The Morgan fingerprint density at radius 3 is 3.05 bits per heavy atom. The van der Waals surface area contributed by atoms with Crippen LogP contribution in [-0.2, 0) is 0 Å². The van der Waals surface area contributed by atoms with Crippen LogP contribution in [0.25, 0.3) is 0 Å². The number of nitrogens with two attached hydrogens (primary N) is 1. The first kappa shape index (κ1) is 14.1. The average molecular weight is 291 g/mol. The third-order valence-electron chi connectivity index (χ3n) is 4.60. The van der Waals surface area contributed by atoms with Crippen LogP contribution in [0.4, 0.5) is 11.4 Å². The Morgan fingerprint density at radius 2 is 2.20 bits per heavy atom. The summed E-state index contributed by atoms with van der Waals surface area (Å²) in [5, 5.41) is 0. The van der Waals surface area contributed by atoms with Gasteiger partial charge in [-0.15, -0.1) is 11.8 Å². The van der Waals surface area contributed by atoms with Crippen molar-refractivity contribution < 1.29 is 0 Å². The summed E-state index contributed by atoms with van der Waals surface area (Å²) in [6.45, 7) is 3.58. The quantitative estimate of drug-likeness (QED) is 0.868. The molecule has 3 nitrogen and oxygen atoms in total. The normalized spacial score (nSPS) is 23.6. The first-order valence-corrected chi connectivity index (χ1v) is 8.70. The van der Waals surface area contributed by atoms with Crippen LogP contribution in [0.2, 0.25) is 0 Å². The summed E-state index contributed by atoms with van der Waals surface area (Å²) in [7, 11) is 2.28. The molecule has 0 spiro atoms. The van der Waals surface area contributed by atoms with Gasteiger partial charge in [0.15, 0.2) is 0 Å². The highest BCUT2D eigenvalue weighted by Crippen LogP contribution is 2.36. The number of likely N-dealkylation sites (tertiary alicyclic amines) is 1. The predicted molar refractivity (Wildman–Crippen MR) is 88.7 cm³/mol. The summed E-state index contributed by atoms with van der Waals surface area (Å²) in [4.78, 5) is 6.47. The number of hydrogen-bond acceptors (Lipinski definition) is 4. The molecule has 1 atom stereocenters. The number of hydrogen-bond donors (Lipinski definition) is 1. The molecule has 2 heterocycles. The summed E-state index contributed by atoms with van der Waals surface area (Å²) in [6.07, 6.45) is 5.40. The lowest BCUT2D eigenvalue weighted by Gasteiger charge is -2.36. The second kappa shape index (κ2) is 6.27. The van der Waals surface area contributed by atoms with Gasteiger partial charge in [-0.1, -0.05) is 6.42 Å². The second-order valence-electron chi connectivity index (χ2n) is 5.98. The maximum absolute atomic E-state index is 5.96. The number of piperidine rings is 1. The molecule has 2 N–H and O–H groups in total. The Morgan fingerprint density at radius 1 is 1.30 bits per heavy atom. The van der Waals surface area contributed by atoms with Gasteiger partial charge in [-0.25, -0.2) is 0 Å². The van der Waals surface area contributed by atoms with Crippen molar-refractivity contribution >= 4 is 23.1 Å². The highest BCUT2D eigenvalue weighted by atomic mass is 32.2. The Hall–Kier alpha value is -0.870. The smallest absolute Gasteiger partial charge is 0.0525 e. The first-order chi connectivity index (χ1) is 9.74. The molecule has 1 aromatic carbocycles. The van der Waals surface area contributed by atoms with E-state index in [2.05, 4.69) is 29.0 Å². The van der Waals surface area contributed by atoms with Crippen molar-refractivity contribution in [3.63, 3.8) is 0 Å². The van der Waals surface area contributed by atoms with E-state index in [0.29, 0.717) is 0 Å². The van der Waals surface area contributed by atoms with Crippen molar-refractivity contribution in [2.75, 3.05) is 43.1 Å². The van der Waals surface area contributed by atoms with Crippen LogP contribution in [0.15, 0.2) is 23.1 Å². The molecular formula is C16H25N3S. The molecule has 1 fully saturated rings. The first-order valence-electron chi connectivity index (χ1n) is 7.71. The number of nitrogens with zero attached hydrogens (tertiary/aromatic N) is 2. The van der Waals surface area contributed by atoms with Gasteiger partial charge in [0, 0.05) is 35.5 Å². The van der Waals surface area contributed by atoms with Gasteiger partial charge in [-0.3, -0.25) is 0 Å². The monoisotopic (exact) mass is 291 g/mol. The summed E-state index contributed by atoms with van der Waals surface area (Å²) in [6, 6.07) is 7.10. The van der Waals surface area contributed by atoms with Crippen LogP contribution in [0.3, 0.4) is 0 Å². The molecule has 0 bridgehead atoms. The number of anilines is 2. The zero-order valence-corrected chi connectivity index (χ0v) is 13.2.